The summed E-state index contributed by atoms with van der Waals surface area (Å²) < 4.78 is 2.34. The number of fused-ring (bicyclic) bond motifs is 2. The molecule has 1 saturated heterocycles. The lowest BCUT2D eigenvalue weighted by atomic mass is 9.99. The van der Waals surface area contributed by atoms with Crippen molar-refractivity contribution < 1.29 is 0 Å². The molecule has 0 amide bonds. The van der Waals surface area contributed by atoms with Gasteiger partial charge in [0, 0.05) is 67.8 Å². The van der Waals surface area contributed by atoms with Crippen LogP contribution in [-0.2, 0) is 13.0 Å². The Bertz CT molecular complexity index is 1410. The zero-order chi connectivity index (χ0) is 27.3. The fourth-order valence-electron chi connectivity index (χ4n) is 6.40. The number of nitrogens with zero attached hydrogens (tertiary/aromatic N) is 6. The first-order valence-electron chi connectivity index (χ1n) is 15.0. The molecule has 8 nitrogen and oxygen atoms in total. The zero-order valence-corrected chi connectivity index (χ0v) is 23.9. The van der Waals surface area contributed by atoms with Crippen molar-refractivity contribution in [1.82, 2.24) is 34.6 Å². The smallest absolute Gasteiger partial charge is 0.161 e. The van der Waals surface area contributed by atoms with Gasteiger partial charge in [-0.3, -0.25) is 9.80 Å². The summed E-state index contributed by atoms with van der Waals surface area (Å²) in [6.45, 7) is 12.7. The Kier molecular flexibility index (Phi) is 8.37. The third-order valence-electron chi connectivity index (χ3n) is 8.70. The van der Waals surface area contributed by atoms with E-state index in [0.29, 0.717) is 12.1 Å². The molecule has 0 aliphatic carbocycles. The van der Waals surface area contributed by atoms with Crippen LogP contribution < -0.4 is 10.6 Å². The minimum Gasteiger partial charge on any atom is -0.368 e. The highest BCUT2D eigenvalue weighted by molar-refractivity contribution is 5.77. The van der Waals surface area contributed by atoms with E-state index in [1.54, 1.807) is 0 Å². The van der Waals surface area contributed by atoms with Gasteiger partial charge in [-0.2, -0.15) is 0 Å². The topological polar surface area (TPSA) is 74.1 Å². The summed E-state index contributed by atoms with van der Waals surface area (Å²) in [5.74, 6) is 1.62. The van der Waals surface area contributed by atoms with Gasteiger partial charge in [-0.05, 0) is 74.8 Å². The Morgan fingerprint density at radius 2 is 1.88 bits per heavy atom. The Morgan fingerprint density at radius 3 is 2.70 bits per heavy atom. The van der Waals surface area contributed by atoms with E-state index in [1.807, 2.05) is 18.5 Å². The minimum atomic E-state index is 0.395. The number of hydrogen-bond acceptors (Lipinski definition) is 7. The maximum Gasteiger partial charge on any atom is 0.161 e. The number of hydrogen-bond donors (Lipinski definition) is 2. The molecule has 0 radical (unpaired) electrons. The van der Waals surface area contributed by atoms with Crippen LogP contribution in [0.1, 0.15) is 43.9 Å². The molecule has 5 heterocycles. The minimum absolute atomic E-state index is 0.395. The van der Waals surface area contributed by atoms with Crippen molar-refractivity contribution in [2.75, 3.05) is 51.1 Å². The van der Waals surface area contributed by atoms with Crippen LogP contribution in [0.25, 0.3) is 22.4 Å². The normalized spacial score (nSPS) is 17.3. The molecule has 210 valence electrons. The molecule has 0 spiro atoms. The third-order valence-corrected chi connectivity index (χ3v) is 8.70. The van der Waals surface area contributed by atoms with E-state index in [-0.39, 0.29) is 0 Å². The van der Waals surface area contributed by atoms with Gasteiger partial charge in [0.05, 0.1) is 0 Å². The number of likely N-dealkylation sites (N-methyl/N-ethyl adjacent to an activating group) is 1. The molecule has 6 rings (SSSR count). The second-order valence-corrected chi connectivity index (χ2v) is 11.1. The van der Waals surface area contributed by atoms with Gasteiger partial charge in [0.25, 0.3) is 0 Å². The van der Waals surface area contributed by atoms with Crippen LogP contribution in [0, 0.1) is 0 Å². The van der Waals surface area contributed by atoms with Gasteiger partial charge >= 0.3 is 0 Å². The molecule has 2 N–H and O–H groups in total. The SMILES string of the molecule is CCN(CC)C(CNc1cc(-c2ncc3ccn(C4CCNCC4)c3n2)ccn1)CN1CCc2ccccc2C1. The van der Waals surface area contributed by atoms with Crippen LogP contribution in [0.3, 0.4) is 0 Å². The van der Waals surface area contributed by atoms with Crippen LogP contribution in [0.15, 0.2) is 61.1 Å². The molecule has 0 saturated carbocycles. The van der Waals surface area contributed by atoms with Gasteiger partial charge in [0.2, 0.25) is 0 Å². The highest BCUT2D eigenvalue weighted by Crippen LogP contribution is 2.27. The number of rotatable bonds is 10. The molecule has 3 aromatic heterocycles. The summed E-state index contributed by atoms with van der Waals surface area (Å²) in [6, 6.07) is 16.0. The molecule has 2 aliphatic rings. The van der Waals surface area contributed by atoms with Gasteiger partial charge < -0.3 is 15.2 Å². The van der Waals surface area contributed by atoms with E-state index in [2.05, 4.69) is 86.4 Å². The molecule has 1 aromatic carbocycles. The molecule has 2 aliphatic heterocycles. The lowest BCUT2D eigenvalue weighted by molar-refractivity contribution is 0.146. The van der Waals surface area contributed by atoms with E-state index >= 15 is 0 Å². The number of pyridine rings is 1. The Labute approximate surface area is 237 Å². The van der Waals surface area contributed by atoms with Gasteiger partial charge in [0.15, 0.2) is 5.82 Å². The maximum atomic E-state index is 5.03. The van der Waals surface area contributed by atoms with Crippen LogP contribution >= 0.6 is 0 Å². The summed E-state index contributed by atoms with van der Waals surface area (Å²) in [7, 11) is 0. The lowest BCUT2D eigenvalue weighted by Crippen LogP contribution is -2.48. The Hall–Kier alpha value is -3.33. The van der Waals surface area contributed by atoms with E-state index in [9.17, 15) is 0 Å². The number of piperidine rings is 1. The quantitative estimate of drug-likeness (QED) is 0.306. The monoisotopic (exact) mass is 538 g/mol. The van der Waals surface area contributed by atoms with Crippen LogP contribution in [0.4, 0.5) is 5.82 Å². The maximum absolute atomic E-state index is 5.03. The second kappa shape index (κ2) is 12.5. The van der Waals surface area contributed by atoms with E-state index in [4.69, 9.17) is 9.97 Å². The largest absolute Gasteiger partial charge is 0.368 e. The first-order chi connectivity index (χ1) is 19.7. The van der Waals surface area contributed by atoms with Gasteiger partial charge in [0.1, 0.15) is 11.5 Å². The predicted molar refractivity (Wildman–Crippen MR) is 163 cm³/mol. The average molecular weight is 539 g/mol. The summed E-state index contributed by atoms with van der Waals surface area (Å²) in [5.41, 5.74) is 4.98. The second-order valence-electron chi connectivity index (χ2n) is 11.1. The number of aromatic nitrogens is 4. The number of benzene rings is 1. The van der Waals surface area contributed by atoms with E-state index < -0.39 is 0 Å². The molecular weight excluding hydrogens is 496 g/mol. The first-order valence-corrected chi connectivity index (χ1v) is 15.0. The van der Waals surface area contributed by atoms with Crippen molar-refractivity contribution in [3.8, 4) is 11.4 Å². The van der Waals surface area contributed by atoms with E-state index in [0.717, 1.165) is 99.9 Å². The third kappa shape index (κ3) is 5.89. The first kappa shape index (κ1) is 26.9. The lowest BCUT2D eigenvalue weighted by Gasteiger charge is -2.36. The molecule has 4 aromatic rings. The highest BCUT2D eigenvalue weighted by atomic mass is 15.2. The van der Waals surface area contributed by atoms with Gasteiger partial charge in [-0.1, -0.05) is 38.1 Å². The molecule has 1 atom stereocenters. The van der Waals surface area contributed by atoms with Crippen molar-refractivity contribution in [2.24, 2.45) is 0 Å². The van der Waals surface area contributed by atoms with Crippen LogP contribution in [0.5, 0.6) is 0 Å². The molecule has 1 fully saturated rings. The predicted octanol–water partition coefficient (Wildman–Crippen LogP) is 4.60. The van der Waals surface area contributed by atoms with Crippen LogP contribution in [0.2, 0.25) is 0 Å². The zero-order valence-electron chi connectivity index (χ0n) is 23.9. The van der Waals surface area contributed by atoms with Crippen molar-refractivity contribution in [1.29, 1.82) is 0 Å². The molecule has 1 unspecified atom stereocenters. The van der Waals surface area contributed by atoms with Gasteiger partial charge in [-0.15, -0.1) is 0 Å². The molecular formula is C32H42N8. The number of nitrogens with one attached hydrogen (secondary N) is 2. The molecule has 8 heteroatoms. The summed E-state index contributed by atoms with van der Waals surface area (Å²) in [5, 5.41) is 8.22. The van der Waals surface area contributed by atoms with Crippen molar-refractivity contribution in [2.45, 2.75) is 51.7 Å². The highest BCUT2D eigenvalue weighted by Gasteiger charge is 2.23. The Balaban J connectivity index is 1.17. The van der Waals surface area contributed by atoms with Crippen LogP contribution in [-0.4, -0.2) is 81.2 Å². The average Bonchev–Trinajstić information content (AvgIpc) is 3.44. The van der Waals surface area contributed by atoms with Crippen molar-refractivity contribution in [3.05, 3.63) is 72.2 Å². The number of anilines is 1. The molecule has 0 bridgehead atoms. The Morgan fingerprint density at radius 1 is 1.05 bits per heavy atom. The van der Waals surface area contributed by atoms with Crippen molar-refractivity contribution >= 4 is 16.9 Å². The summed E-state index contributed by atoms with van der Waals surface area (Å²) in [4.78, 5) is 19.6. The fraction of sp³-hybridized carbons (Fsp3) is 0.469. The van der Waals surface area contributed by atoms with Gasteiger partial charge in [-0.25, -0.2) is 15.0 Å². The summed E-state index contributed by atoms with van der Waals surface area (Å²) >= 11 is 0. The van der Waals surface area contributed by atoms with E-state index in [1.165, 1.54) is 11.1 Å². The molecule has 40 heavy (non-hydrogen) atoms. The van der Waals surface area contributed by atoms with Crippen molar-refractivity contribution in [3.63, 3.8) is 0 Å². The standard InChI is InChI=1S/C32H42N8/c1-3-39(4-2)29(23-38-17-12-24-7-5-6-8-27(24)22-38)21-35-30-19-25(9-16-34-30)31-36-20-26-13-18-40(32(26)37-31)28-10-14-33-15-11-28/h5-9,13,16,18-20,28-29,33H,3-4,10-12,14-15,17,21-23H2,1-2H3,(H,34,35). The summed E-state index contributed by atoms with van der Waals surface area (Å²) in [6.07, 6.45) is 9.38. The fourth-order valence-corrected chi connectivity index (χ4v) is 6.40.